The van der Waals surface area contributed by atoms with Crippen molar-refractivity contribution in [3.8, 4) is 72.2 Å². The quantitative estimate of drug-likeness (QED) is 0.109. The van der Waals surface area contributed by atoms with Gasteiger partial charge < -0.3 is 49.3 Å². The van der Waals surface area contributed by atoms with Gasteiger partial charge >= 0.3 is 12.2 Å². The Kier molecular flexibility index (Phi) is 27.0. The van der Waals surface area contributed by atoms with E-state index in [9.17, 15) is 19.2 Å². The van der Waals surface area contributed by atoms with Crippen LogP contribution in [0.1, 0.15) is 89.9 Å². The second-order valence-electron chi connectivity index (χ2n) is 16.9. The van der Waals surface area contributed by atoms with Crippen LogP contribution in [0.3, 0.4) is 0 Å². The van der Waals surface area contributed by atoms with Gasteiger partial charge in [0.25, 0.3) is 0 Å². The number of rotatable bonds is 8. The number of carbonyl (C=O) groups excluding carboxylic acids is 4. The number of amides is 4. The van der Waals surface area contributed by atoms with Crippen LogP contribution in [0.15, 0.2) is 79.4 Å². The van der Waals surface area contributed by atoms with Crippen LogP contribution in [0.2, 0.25) is 0 Å². The normalized spacial score (nSPS) is 17.4. The SMILES string of the molecule is C#C.C#C.C#C.C1CCOCC1.C1CCOCC1.COC(=O)NCC(=O)N1CCC[C@@H]1C.COC(=O)NCC(=O)N1[C@@H](C)CC[C@H]1c1ncc(-c2ccc(-c3ccc4cc(-c5cnc[nH]5)ccc4c3)cc2)[nH]1. The first kappa shape index (κ1) is 58.7. The van der Waals surface area contributed by atoms with E-state index in [2.05, 4.69) is 139 Å². The summed E-state index contributed by atoms with van der Waals surface area (Å²) in [5.74, 6) is 0.551. The molecule has 0 saturated carbocycles. The van der Waals surface area contributed by atoms with Gasteiger partial charge in [-0.05, 0) is 118 Å². The minimum atomic E-state index is -0.622. The summed E-state index contributed by atoms with van der Waals surface area (Å²) in [6.45, 7) is 8.75. The number of terminal acetylenes is 3. The van der Waals surface area contributed by atoms with Crippen molar-refractivity contribution >= 4 is 34.8 Å². The highest BCUT2D eigenvalue weighted by Gasteiger charge is 2.37. The van der Waals surface area contributed by atoms with Crippen LogP contribution in [0.4, 0.5) is 9.59 Å². The maximum atomic E-state index is 12.9. The average Bonchev–Trinajstić information content (AvgIpc) is 4.32. The van der Waals surface area contributed by atoms with Crippen molar-refractivity contribution in [2.75, 3.05) is 60.3 Å². The van der Waals surface area contributed by atoms with Crippen molar-refractivity contribution in [3.63, 3.8) is 0 Å². The van der Waals surface area contributed by atoms with E-state index in [1.165, 1.54) is 63.5 Å². The Hall–Kier alpha value is -7.58. The van der Waals surface area contributed by atoms with Gasteiger partial charge in [0.2, 0.25) is 11.8 Å². The average molecular weight is 985 g/mol. The highest BCUT2D eigenvalue weighted by molar-refractivity contribution is 5.90. The molecule has 3 atom stereocenters. The highest BCUT2D eigenvalue weighted by atomic mass is 16.5. The molecule has 4 fully saturated rings. The molecule has 4 aliphatic heterocycles. The first-order chi connectivity index (χ1) is 35.1. The summed E-state index contributed by atoms with van der Waals surface area (Å²) in [7, 11) is 2.55. The Bertz CT molecular complexity index is 2390. The fourth-order valence-corrected chi connectivity index (χ4v) is 8.48. The number of carbonyl (C=O) groups is 4. The van der Waals surface area contributed by atoms with Gasteiger partial charge in [0.15, 0.2) is 0 Å². The third-order valence-corrected chi connectivity index (χ3v) is 12.2. The second-order valence-corrected chi connectivity index (χ2v) is 16.9. The number of alkyl carbamates (subject to hydrolysis) is 2. The molecule has 0 unspecified atom stereocenters. The number of aromatic amines is 2. The van der Waals surface area contributed by atoms with Gasteiger partial charge in [0.05, 0.1) is 50.4 Å². The van der Waals surface area contributed by atoms with Crippen molar-refractivity contribution in [2.24, 2.45) is 0 Å². The Labute approximate surface area is 425 Å². The van der Waals surface area contributed by atoms with Crippen LogP contribution in [-0.2, 0) is 28.5 Å². The lowest BCUT2D eigenvalue weighted by atomic mass is 9.98. The van der Waals surface area contributed by atoms with Gasteiger partial charge in [-0.1, -0.05) is 48.5 Å². The number of benzene rings is 3. The van der Waals surface area contributed by atoms with Gasteiger partial charge in [0.1, 0.15) is 18.9 Å². The molecule has 0 radical (unpaired) electrons. The van der Waals surface area contributed by atoms with Crippen molar-refractivity contribution in [1.29, 1.82) is 0 Å². The maximum Gasteiger partial charge on any atom is 0.407 e. The summed E-state index contributed by atoms with van der Waals surface area (Å²) >= 11 is 0. The zero-order chi connectivity index (χ0) is 52.7. The van der Waals surface area contributed by atoms with E-state index in [0.717, 1.165) is 98.1 Å². The number of hydrogen-bond acceptors (Lipinski definition) is 10. The van der Waals surface area contributed by atoms with Crippen molar-refractivity contribution in [3.05, 3.63) is 85.2 Å². The standard InChI is InChI=1S/C31H30N6O3.C9H16N2O3.2C5H10O.3C2H2/c1-19-3-12-28(37(19)29(38)17-34-31(39)40-2)30-33-16-27(36-30)21-6-4-20(5-7-21)22-8-9-24-14-25(11-10-23(24)13-22)26-15-32-18-35-26;1-7-4-3-5-11(7)8(12)6-10-9(13)14-2;2*1-2-4-6-5-3-1;3*1-2/h4-11,13-16,18-19,28H,3,12,17H2,1-2H3,(H,32,35)(H,33,36)(H,34,39);7H,3-6H2,1-2H3,(H,10,13);2*1-5H2;3*1-2H/t19-,28-;7-;;;;;/m00...../s1. The molecule has 4 N–H and O–H groups in total. The molecule has 9 rings (SSSR count). The molecule has 3 aromatic carbocycles. The first-order valence-corrected chi connectivity index (χ1v) is 24.2. The van der Waals surface area contributed by atoms with Crippen molar-refractivity contribution in [1.82, 2.24) is 40.4 Å². The number of likely N-dealkylation sites (tertiary alicyclic amines) is 2. The molecule has 4 amide bonds. The molecule has 0 aliphatic carbocycles. The molecule has 16 heteroatoms. The molecular weight excluding hydrogens is 913 g/mol. The number of ether oxygens (including phenoxy) is 4. The molecule has 4 saturated heterocycles. The van der Waals surface area contributed by atoms with Crippen molar-refractivity contribution in [2.45, 2.75) is 96.2 Å². The number of methoxy groups -OCH3 is 2. The fraction of sp³-hybridized carbons (Fsp3) is 0.429. The zero-order valence-corrected chi connectivity index (χ0v) is 42.3. The van der Waals surface area contributed by atoms with Gasteiger partial charge in [-0.2, -0.15) is 0 Å². The van der Waals surface area contributed by atoms with E-state index in [-0.39, 0.29) is 37.0 Å². The van der Waals surface area contributed by atoms with Crippen LogP contribution in [0.25, 0.3) is 44.4 Å². The molecule has 16 nitrogen and oxygen atoms in total. The van der Waals surface area contributed by atoms with Gasteiger partial charge in [-0.15, -0.1) is 38.5 Å². The maximum absolute atomic E-state index is 12.9. The topological polar surface area (TPSA) is 193 Å². The molecule has 72 heavy (non-hydrogen) atoms. The zero-order valence-electron chi connectivity index (χ0n) is 42.3. The monoisotopic (exact) mass is 985 g/mol. The Morgan fingerprint density at radius 2 is 1.15 bits per heavy atom. The Morgan fingerprint density at radius 3 is 1.64 bits per heavy atom. The number of aromatic nitrogens is 4. The summed E-state index contributed by atoms with van der Waals surface area (Å²) in [6.07, 6.45) is 39.8. The number of fused-ring (bicyclic) bond motifs is 1. The molecule has 0 spiro atoms. The van der Waals surface area contributed by atoms with E-state index in [1.54, 1.807) is 16.1 Å². The fourth-order valence-electron chi connectivity index (χ4n) is 8.48. The van der Waals surface area contributed by atoms with E-state index < -0.39 is 12.2 Å². The smallest absolute Gasteiger partial charge is 0.407 e. The third kappa shape index (κ3) is 18.3. The molecule has 0 bridgehead atoms. The largest absolute Gasteiger partial charge is 0.453 e. The van der Waals surface area contributed by atoms with Crippen LogP contribution in [0.5, 0.6) is 0 Å². The van der Waals surface area contributed by atoms with Crippen LogP contribution in [0, 0.1) is 38.5 Å². The lowest BCUT2D eigenvalue weighted by molar-refractivity contribution is -0.133. The number of imidazole rings is 2. The Balaban J connectivity index is 0.000000346. The minimum absolute atomic E-state index is 0.0248. The summed E-state index contributed by atoms with van der Waals surface area (Å²) in [6, 6.07) is 21.5. The second kappa shape index (κ2) is 33.1. The summed E-state index contributed by atoms with van der Waals surface area (Å²) in [5.41, 5.74) is 6.30. The van der Waals surface area contributed by atoms with Gasteiger partial charge in [-0.3, -0.25) is 9.59 Å². The van der Waals surface area contributed by atoms with Gasteiger partial charge in [-0.25, -0.2) is 19.6 Å². The van der Waals surface area contributed by atoms with Crippen LogP contribution >= 0.6 is 0 Å². The molecular formula is C56H72N8O8. The Morgan fingerprint density at radius 1 is 0.625 bits per heavy atom. The van der Waals surface area contributed by atoms with E-state index in [0.29, 0.717) is 6.04 Å². The number of nitrogens with one attached hydrogen (secondary N) is 4. The molecule has 6 heterocycles. The third-order valence-electron chi connectivity index (χ3n) is 12.2. The predicted octanol–water partition coefficient (Wildman–Crippen LogP) is 9.17. The van der Waals surface area contributed by atoms with E-state index in [4.69, 9.17) is 9.47 Å². The first-order valence-electron chi connectivity index (χ1n) is 24.2. The van der Waals surface area contributed by atoms with E-state index in [1.807, 2.05) is 26.2 Å². The number of nitrogens with zero attached hydrogens (tertiary/aromatic N) is 4. The molecule has 384 valence electrons. The summed E-state index contributed by atoms with van der Waals surface area (Å²) in [4.78, 5) is 65.5. The van der Waals surface area contributed by atoms with Crippen molar-refractivity contribution < 1.29 is 38.1 Å². The molecule has 5 aromatic rings. The lowest BCUT2D eigenvalue weighted by Crippen LogP contribution is -2.43. The summed E-state index contributed by atoms with van der Waals surface area (Å²) in [5, 5.41) is 7.21. The number of hydrogen-bond donors (Lipinski definition) is 4. The van der Waals surface area contributed by atoms with Crippen LogP contribution < -0.4 is 10.6 Å². The van der Waals surface area contributed by atoms with Gasteiger partial charge in [0, 0.05) is 50.6 Å². The highest BCUT2D eigenvalue weighted by Crippen LogP contribution is 2.36. The summed E-state index contributed by atoms with van der Waals surface area (Å²) < 4.78 is 19.1. The van der Waals surface area contributed by atoms with E-state index >= 15 is 0 Å². The van der Waals surface area contributed by atoms with Crippen LogP contribution in [-0.4, -0.2) is 126 Å². The molecule has 2 aromatic heterocycles. The number of H-pyrrole nitrogens is 2. The molecule has 4 aliphatic rings. The predicted molar refractivity (Wildman–Crippen MR) is 283 cm³/mol. The minimum Gasteiger partial charge on any atom is -0.453 e. The lowest BCUT2D eigenvalue weighted by Gasteiger charge is -2.27.